The van der Waals surface area contributed by atoms with Crippen LogP contribution in [-0.2, 0) is 16.6 Å². The summed E-state index contributed by atoms with van der Waals surface area (Å²) in [6, 6.07) is 18.4. The van der Waals surface area contributed by atoms with Gasteiger partial charge in [-0.25, -0.2) is 0 Å². The molecule has 1 aliphatic rings. The molecule has 0 N–H and O–H groups in total. The smallest absolute Gasteiger partial charge is 0.237 e. The number of ether oxygens (including phenoxy) is 2. The van der Waals surface area contributed by atoms with Crippen LogP contribution in [-0.4, -0.2) is 30.5 Å². The topological polar surface area (TPSA) is 57.4 Å². The van der Waals surface area contributed by atoms with Crippen LogP contribution in [0.15, 0.2) is 59.1 Å². The molecule has 0 unspecified atom stereocenters. The first-order valence-electron chi connectivity index (χ1n) is 8.89. The fourth-order valence-corrected chi connectivity index (χ4v) is 3.55. The maximum absolute atomic E-state index is 5.74. The number of aromatic nitrogens is 2. The molecule has 1 aromatic heterocycles. The standard InChI is InChI=1S/C21H22N2O3/c1-24-18-9-7-16(8-10-18)15-19-22-20(26-23-19)21(11-13-25-14-12-21)17-5-3-2-4-6-17/h2-10H,11-15H2,1H3. The van der Waals surface area contributed by atoms with Crippen molar-refractivity contribution < 1.29 is 14.0 Å². The summed E-state index contributed by atoms with van der Waals surface area (Å²) in [6.45, 7) is 1.40. The molecule has 5 heteroatoms. The summed E-state index contributed by atoms with van der Waals surface area (Å²) < 4.78 is 16.5. The van der Waals surface area contributed by atoms with Crippen molar-refractivity contribution in [2.24, 2.45) is 0 Å². The highest BCUT2D eigenvalue weighted by atomic mass is 16.5. The Morgan fingerprint density at radius 3 is 2.42 bits per heavy atom. The molecular formula is C21H22N2O3. The third-order valence-corrected chi connectivity index (χ3v) is 5.07. The third-order valence-electron chi connectivity index (χ3n) is 5.07. The molecule has 2 heterocycles. The van der Waals surface area contributed by atoms with E-state index in [4.69, 9.17) is 19.0 Å². The van der Waals surface area contributed by atoms with E-state index in [1.165, 1.54) is 5.56 Å². The van der Waals surface area contributed by atoms with Crippen LogP contribution in [0.2, 0.25) is 0 Å². The Morgan fingerprint density at radius 1 is 1.00 bits per heavy atom. The van der Waals surface area contributed by atoms with Gasteiger partial charge in [0.15, 0.2) is 5.82 Å². The predicted octanol–water partition coefficient (Wildman–Crippen LogP) is 3.77. The first-order valence-corrected chi connectivity index (χ1v) is 8.89. The maximum Gasteiger partial charge on any atom is 0.237 e. The van der Waals surface area contributed by atoms with Crippen LogP contribution in [0, 0.1) is 0 Å². The molecule has 0 saturated carbocycles. The largest absolute Gasteiger partial charge is 0.497 e. The number of benzene rings is 2. The lowest BCUT2D eigenvalue weighted by molar-refractivity contribution is 0.0523. The monoisotopic (exact) mass is 350 g/mol. The molecule has 0 radical (unpaired) electrons. The highest BCUT2D eigenvalue weighted by molar-refractivity contribution is 5.33. The van der Waals surface area contributed by atoms with Gasteiger partial charge >= 0.3 is 0 Å². The van der Waals surface area contributed by atoms with Gasteiger partial charge in [0.25, 0.3) is 0 Å². The van der Waals surface area contributed by atoms with Crippen LogP contribution in [0.1, 0.15) is 35.7 Å². The Morgan fingerprint density at radius 2 is 1.73 bits per heavy atom. The van der Waals surface area contributed by atoms with Gasteiger partial charge in [0, 0.05) is 19.6 Å². The van der Waals surface area contributed by atoms with Crippen LogP contribution in [0.5, 0.6) is 5.75 Å². The normalized spacial score (nSPS) is 16.3. The van der Waals surface area contributed by atoms with Crippen LogP contribution in [0.4, 0.5) is 0 Å². The van der Waals surface area contributed by atoms with Gasteiger partial charge in [-0.2, -0.15) is 4.98 Å². The van der Waals surface area contributed by atoms with E-state index >= 15 is 0 Å². The highest BCUT2D eigenvalue weighted by Gasteiger charge is 2.41. The van der Waals surface area contributed by atoms with Crippen molar-refractivity contribution in [2.75, 3.05) is 20.3 Å². The summed E-state index contributed by atoms with van der Waals surface area (Å²) in [5, 5.41) is 4.24. The van der Waals surface area contributed by atoms with Crippen molar-refractivity contribution in [3.8, 4) is 5.75 Å². The lowest BCUT2D eigenvalue weighted by atomic mass is 9.74. The Balaban J connectivity index is 1.61. The highest BCUT2D eigenvalue weighted by Crippen LogP contribution is 2.40. The molecule has 2 aromatic carbocycles. The van der Waals surface area contributed by atoms with Crippen LogP contribution >= 0.6 is 0 Å². The predicted molar refractivity (Wildman–Crippen MR) is 97.4 cm³/mol. The zero-order chi connectivity index (χ0) is 17.8. The minimum atomic E-state index is -0.259. The van der Waals surface area contributed by atoms with Crippen molar-refractivity contribution in [2.45, 2.75) is 24.7 Å². The van der Waals surface area contributed by atoms with Crippen molar-refractivity contribution in [1.82, 2.24) is 10.1 Å². The second-order valence-corrected chi connectivity index (χ2v) is 6.60. The van der Waals surface area contributed by atoms with E-state index in [-0.39, 0.29) is 5.41 Å². The second-order valence-electron chi connectivity index (χ2n) is 6.60. The Bertz CT molecular complexity index is 837. The molecule has 1 fully saturated rings. The van der Waals surface area contributed by atoms with Gasteiger partial charge in [-0.1, -0.05) is 47.6 Å². The van der Waals surface area contributed by atoms with E-state index in [0.717, 1.165) is 24.2 Å². The summed E-state index contributed by atoms with van der Waals surface area (Å²) in [5.74, 6) is 2.23. The van der Waals surface area contributed by atoms with Gasteiger partial charge in [0.05, 0.1) is 12.5 Å². The van der Waals surface area contributed by atoms with E-state index in [1.807, 2.05) is 30.3 Å². The fraction of sp³-hybridized carbons (Fsp3) is 0.333. The molecule has 1 saturated heterocycles. The lowest BCUT2D eigenvalue weighted by Gasteiger charge is -2.34. The summed E-state index contributed by atoms with van der Waals surface area (Å²) in [6.07, 6.45) is 2.33. The van der Waals surface area contributed by atoms with Gasteiger partial charge in [0.2, 0.25) is 5.89 Å². The SMILES string of the molecule is COc1ccc(Cc2noc(C3(c4ccccc4)CCOCC3)n2)cc1. The van der Waals surface area contributed by atoms with Gasteiger partial charge in [-0.15, -0.1) is 0 Å². The first kappa shape index (κ1) is 16.8. The zero-order valence-electron chi connectivity index (χ0n) is 14.9. The average Bonchev–Trinajstić information content (AvgIpc) is 3.19. The van der Waals surface area contributed by atoms with Crippen molar-refractivity contribution >= 4 is 0 Å². The molecule has 0 amide bonds. The Hall–Kier alpha value is -2.66. The molecule has 0 aliphatic carbocycles. The molecule has 0 bridgehead atoms. The van der Waals surface area contributed by atoms with Crippen LogP contribution < -0.4 is 4.74 Å². The summed E-state index contributed by atoms with van der Waals surface area (Å²) in [4.78, 5) is 4.76. The fourth-order valence-electron chi connectivity index (χ4n) is 3.55. The maximum atomic E-state index is 5.74. The Labute approximate surface area is 153 Å². The molecule has 5 nitrogen and oxygen atoms in total. The molecule has 26 heavy (non-hydrogen) atoms. The van der Waals surface area contributed by atoms with E-state index in [2.05, 4.69) is 29.4 Å². The average molecular weight is 350 g/mol. The third kappa shape index (κ3) is 3.22. The molecule has 3 aromatic rings. The second kappa shape index (κ2) is 7.30. The minimum absolute atomic E-state index is 0.259. The number of hydrogen-bond donors (Lipinski definition) is 0. The van der Waals surface area contributed by atoms with E-state index < -0.39 is 0 Å². The molecule has 1 aliphatic heterocycles. The minimum Gasteiger partial charge on any atom is -0.497 e. The molecule has 0 atom stereocenters. The number of nitrogens with zero attached hydrogens (tertiary/aromatic N) is 2. The van der Waals surface area contributed by atoms with Crippen molar-refractivity contribution in [3.05, 3.63) is 77.4 Å². The summed E-state index contributed by atoms with van der Waals surface area (Å²) in [5.41, 5.74) is 2.08. The van der Waals surface area contributed by atoms with Crippen LogP contribution in [0.25, 0.3) is 0 Å². The summed E-state index contributed by atoms with van der Waals surface area (Å²) >= 11 is 0. The van der Waals surface area contributed by atoms with E-state index in [9.17, 15) is 0 Å². The quantitative estimate of drug-likeness (QED) is 0.701. The van der Waals surface area contributed by atoms with E-state index in [1.54, 1.807) is 7.11 Å². The number of methoxy groups -OCH3 is 1. The zero-order valence-corrected chi connectivity index (χ0v) is 14.9. The Kier molecular flexibility index (Phi) is 4.71. The summed E-state index contributed by atoms with van der Waals surface area (Å²) in [7, 11) is 1.66. The number of rotatable bonds is 5. The van der Waals surface area contributed by atoms with Gasteiger partial charge in [-0.05, 0) is 36.1 Å². The van der Waals surface area contributed by atoms with Gasteiger partial charge < -0.3 is 14.0 Å². The van der Waals surface area contributed by atoms with Gasteiger partial charge in [0.1, 0.15) is 5.75 Å². The molecular weight excluding hydrogens is 328 g/mol. The van der Waals surface area contributed by atoms with Crippen molar-refractivity contribution in [1.29, 1.82) is 0 Å². The van der Waals surface area contributed by atoms with Crippen molar-refractivity contribution in [3.63, 3.8) is 0 Å². The number of hydrogen-bond acceptors (Lipinski definition) is 5. The molecule has 4 rings (SSSR count). The first-order chi connectivity index (χ1) is 12.8. The van der Waals surface area contributed by atoms with Crippen LogP contribution in [0.3, 0.4) is 0 Å². The molecule has 0 spiro atoms. The molecule has 134 valence electrons. The lowest BCUT2D eigenvalue weighted by Crippen LogP contribution is -2.35. The van der Waals surface area contributed by atoms with E-state index in [0.29, 0.717) is 31.3 Å². The van der Waals surface area contributed by atoms with Gasteiger partial charge in [-0.3, -0.25) is 0 Å².